The Morgan fingerprint density at radius 3 is 2.83 bits per heavy atom. The first-order valence-electron chi connectivity index (χ1n) is 5.96. The number of ether oxygens (including phenoxy) is 1. The highest BCUT2D eigenvalue weighted by Crippen LogP contribution is 2.29. The Labute approximate surface area is 112 Å². The van der Waals surface area contributed by atoms with Crippen molar-refractivity contribution < 1.29 is 14.7 Å². The molecule has 100 valence electrons. The van der Waals surface area contributed by atoms with Gasteiger partial charge >= 0.3 is 0 Å². The monoisotopic (exact) mass is 269 g/mol. The highest BCUT2D eigenvalue weighted by atomic mass is 32.2. The molecule has 0 saturated carbocycles. The van der Waals surface area contributed by atoms with E-state index in [1.54, 1.807) is 24.4 Å². The fourth-order valence-corrected chi connectivity index (χ4v) is 2.58. The molecule has 0 spiro atoms. The van der Waals surface area contributed by atoms with E-state index in [4.69, 9.17) is 9.94 Å². The van der Waals surface area contributed by atoms with Crippen molar-refractivity contribution in [3.05, 3.63) is 24.3 Å². The smallest absolute Gasteiger partial charge is 0.243 e. The standard InChI is InChI=1S/C13H19NO3S/c1-17-11-7-4-5-8-12(11)18-10-6-2-3-9-13(15)14-16/h4-5,7-8,16H,2-3,6,9-10H2,1H3,(H,14,15). The van der Waals surface area contributed by atoms with E-state index in [2.05, 4.69) is 0 Å². The summed E-state index contributed by atoms with van der Waals surface area (Å²) in [5.74, 6) is 1.59. The minimum absolute atomic E-state index is 0.313. The number of carbonyl (C=O) groups excluding carboxylic acids is 1. The molecule has 0 fully saturated rings. The number of carbonyl (C=O) groups is 1. The Balaban J connectivity index is 2.16. The van der Waals surface area contributed by atoms with Crippen LogP contribution in [0.5, 0.6) is 5.75 Å². The quantitative estimate of drug-likeness (QED) is 0.330. The molecular weight excluding hydrogens is 250 g/mol. The van der Waals surface area contributed by atoms with Crippen LogP contribution in [-0.4, -0.2) is 24.0 Å². The van der Waals surface area contributed by atoms with Crippen LogP contribution in [0.15, 0.2) is 29.2 Å². The second-order valence-electron chi connectivity index (χ2n) is 3.84. The van der Waals surface area contributed by atoms with Gasteiger partial charge in [-0.05, 0) is 30.7 Å². The average Bonchev–Trinajstić information content (AvgIpc) is 2.42. The summed E-state index contributed by atoms with van der Waals surface area (Å²) < 4.78 is 5.27. The molecule has 1 aromatic rings. The van der Waals surface area contributed by atoms with E-state index < -0.39 is 0 Å². The van der Waals surface area contributed by atoms with Crippen LogP contribution in [0.25, 0.3) is 0 Å². The molecule has 0 aliphatic carbocycles. The predicted octanol–water partition coefficient (Wildman–Crippen LogP) is 2.85. The summed E-state index contributed by atoms with van der Waals surface area (Å²) in [5.41, 5.74) is 1.64. The third kappa shape index (κ3) is 5.42. The van der Waals surface area contributed by atoms with Gasteiger partial charge in [0.25, 0.3) is 0 Å². The lowest BCUT2D eigenvalue weighted by Crippen LogP contribution is -2.17. The molecule has 0 unspecified atom stereocenters. The predicted molar refractivity (Wildman–Crippen MR) is 72.1 cm³/mol. The van der Waals surface area contributed by atoms with E-state index in [0.29, 0.717) is 6.42 Å². The molecule has 18 heavy (non-hydrogen) atoms. The van der Waals surface area contributed by atoms with Crippen molar-refractivity contribution >= 4 is 17.7 Å². The van der Waals surface area contributed by atoms with Crippen LogP contribution in [0.1, 0.15) is 25.7 Å². The van der Waals surface area contributed by atoms with Crippen LogP contribution in [0.2, 0.25) is 0 Å². The van der Waals surface area contributed by atoms with Crippen molar-refractivity contribution in [3.63, 3.8) is 0 Å². The molecule has 0 heterocycles. The summed E-state index contributed by atoms with van der Waals surface area (Å²) in [6.45, 7) is 0. The number of hydroxylamine groups is 1. The number of nitrogens with one attached hydrogen (secondary N) is 1. The fourth-order valence-electron chi connectivity index (χ4n) is 1.54. The molecule has 4 nitrogen and oxygen atoms in total. The summed E-state index contributed by atoms with van der Waals surface area (Å²) >= 11 is 1.76. The highest BCUT2D eigenvalue weighted by Gasteiger charge is 2.02. The van der Waals surface area contributed by atoms with Crippen molar-refractivity contribution in [2.45, 2.75) is 30.6 Å². The maximum absolute atomic E-state index is 10.8. The van der Waals surface area contributed by atoms with Gasteiger partial charge in [0.2, 0.25) is 5.91 Å². The molecule has 1 rings (SSSR count). The molecule has 0 aliphatic heterocycles. The van der Waals surface area contributed by atoms with Gasteiger partial charge in [-0.25, -0.2) is 5.48 Å². The summed E-state index contributed by atoms with van der Waals surface area (Å²) in [6.07, 6.45) is 3.21. The number of rotatable bonds is 8. The summed E-state index contributed by atoms with van der Waals surface area (Å²) in [4.78, 5) is 11.9. The zero-order valence-electron chi connectivity index (χ0n) is 10.5. The topological polar surface area (TPSA) is 58.6 Å². The van der Waals surface area contributed by atoms with Crippen molar-refractivity contribution in [1.29, 1.82) is 0 Å². The van der Waals surface area contributed by atoms with Crippen molar-refractivity contribution in [1.82, 2.24) is 5.48 Å². The SMILES string of the molecule is COc1ccccc1SCCCCCC(=O)NO. The number of methoxy groups -OCH3 is 1. The third-order valence-corrected chi connectivity index (χ3v) is 3.64. The minimum Gasteiger partial charge on any atom is -0.496 e. The zero-order valence-corrected chi connectivity index (χ0v) is 11.3. The van der Waals surface area contributed by atoms with E-state index in [1.165, 1.54) is 0 Å². The second kappa shape index (κ2) is 8.83. The first kappa shape index (κ1) is 14.9. The van der Waals surface area contributed by atoms with Gasteiger partial charge in [0.1, 0.15) is 5.75 Å². The second-order valence-corrected chi connectivity index (χ2v) is 4.98. The molecule has 0 atom stereocenters. The molecule has 0 aliphatic rings. The maximum atomic E-state index is 10.8. The first-order chi connectivity index (χ1) is 8.77. The maximum Gasteiger partial charge on any atom is 0.243 e. The number of benzene rings is 1. The number of thioether (sulfide) groups is 1. The third-order valence-electron chi connectivity index (χ3n) is 2.50. The van der Waals surface area contributed by atoms with Gasteiger partial charge in [-0.1, -0.05) is 18.6 Å². The van der Waals surface area contributed by atoms with Crippen LogP contribution >= 0.6 is 11.8 Å². The van der Waals surface area contributed by atoms with Crippen molar-refractivity contribution in [2.24, 2.45) is 0 Å². The Hall–Kier alpha value is -1.20. The van der Waals surface area contributed by atoms with Crippen LogP contribution in [0, 0.1) is 0 Å². The van der Waals surface area contributed by atoms with Gasteiger partial charge in [-0.15, -0.1) is 11.8 Å². The first-order valence-corrected chi connectivity index (χ1v) is 6.95. The summed E-state index contributed by atoms with van der Waals surface area (Å²) in [7, 11) is 1.67. The van der Waals surface area contributed by atoms with Gasteiger partial charge in [0, 0.05) is 11.3 Å². The number of hydrogen-bond acceptors (Lipinski definition) is 4. The lowest BCUT2D eigenvalue weighted by atomic mass is 10.2. The van der Waals surface area contributed by atoms with E-state index in [-0.39, 0.29) is 5.91 Å². The van der Waals surface area contributed by atoms with E-state index >= 15 is 0 Å². The van der Waals surface area contributed by atoms with Crippen LogP contribution in [0.4, 0.5) is 0 Å². The molecule has 1 aromatic carbocycles. The van der Waals surface area contributed by atoms with Gasteiger partial charge in [0.05, 0.1) is 7.11 Å². The largest absolute Gasteiger partial charge is 0.496 e. The summed E-state index contributed by atoms with van der Waals surface area (Å²) in [5, 5.41) is 8.33. The normalized spacial score (nSPS) is 10.1. The number of hydrogen-bond donors (Lipinski definition) is 2. The zero-order chi connectivity index (χ0) is 13.2. The lowest BCUT2D eigenvalue weighted by Gasteiger charge is -2.07. The van der Waals surface area contributed by atoms with Gasteiger partial charge in [0.15, 0.2) is 0 Å². The van der Waals surface area contributed by atoms with E-state index in [0.717, 1.165) is 35.7 Å². The van der Waals surface area contributed by atoms with Crippen LogP contribution in [-0.2, 0) is 4.79 Å². The van der Waals surface area contributed by atoms with Crippen LogP contribution in [0.3, 0.4) is 0 Å². The Morgan fingerprint density at radius 1 is 1.33 bits per heavy atom. The van der Waals surface area contributed by atoms with Gasteiger partial charge in [-0.2, -0.15) is 0 Å². The molecule has 0 radical (unpaired) electrons. The van der Waals surface area contributed by atoms with Gasteiger partial charge < -0.3 is 4.74 Å². The molecule has 5 heteroatoms. The van der Waals surface area contributed by atoms with Crippen molar-refractivity contribution in [3.8, 4) is 5.75 Å². The molecule has 2 N–H and O–H groups in total. The number of para-hydroxylation sites is 1. The average molecular weight is 269 g/mol. The Bertz CT molecular complexity index is 371. The molecule has 0 bridgehead atoms. The minimum atomic E-state index is -0.313. The Morgan fingerprint density at radius 2 is 2.11 bits per heavy atom. The van der Waals surface area contributed by atoms with E-state index in [1.807, 2.05) is 24.3 Å². The molecule has 1 amide bonds. The molecule has 0 aromatic heterocycles. The van der Waals surface area contributed by atoms with E-state index in [9.17, 15) is 4.79 Å². The summed E-state index contributed by atoms with van der Waals surface area (Å²) in [6, 6.07) is 7.95. The number of unbranched alkanes of at least 4 members (excludes halogenated alkanes) is 2. The van der Waals surface area contributed by atoms with Gasteiger partial charge in [-0.3, -0.25) is 10.0 Å². The highest BCUT2D eigenvalue weighted by molar-refractivity contribution is 7.99. The fraction of sp³-hybridized carbons (Fsp3) is 0.462. The van der Waals surface area contributed by atoms with Crippen LogP contribution < -0.4 is 10.2 Å². The number of amides is 1. The molecular formula is C13H19NO3S. The lowest BCUT2D eigenvalue weighted by molar-refractivity contribution is -0.129. The van der Waals surface area contributed by atoms with Crippen molar-refractivity contribution in [2.75, 3.05) is 12.9 Å². The molecule has 0 saturated heterocycles. The Kier molecular flexibility index (Phi) is 7.29.